The molecular weight excluding hydrogens is 220 g/mol. The van der Waals surface area contributed by atoms with E-state index in [4.69, 9.17) is 0 Å². The SMILES string of the molecule is Cc1c(CNCC2CC2C)n(C)c2ccccc12. The molecule has 2 heteroatoms. The van der Waals surface area contributed by atoms with Gasteiger partial charge in [0.05, 0.1) is 0 Å². The minimum Gasteiger partial charge on any atom is -0.346 e. The van der Waals surface area contributed by atoms with E-state index in [9.17, 15) is 0 Å². The van der Waals surface area contributed by atoms with Crippen LogP contribution in [0.25, 0.3) is 10.9 Å². The van der Waals surface area contributed by atoms with Gasteiger partial charge in [0.25, 0.3) is 0 Å². The van der Waals surface area contributed by atoms with Crippen molar-refractivity contribution in [3.63, 3.8) is 0 Å². The molecule has 1 fully saturated rings. The summed E-state index contributed by atoms with van der Waals surface area (Å²) in [7, 11) is 2.17. The van der Waals surface area contributed by atoms with E-state index in [1.807, 2.05) is 0 Å². The van der Waals surface area contributed by atoms with Crippen LogP contribution >= 0.6 is 0 Å². The molecule has 0 saturated heterocycles. The number of aryl methyl sites for hydroxylation is 2. The average Bonchev–Trinajstić information content (AvgIpc) is 3.03. The van der Waals surface area contributed by atoms with Gasteiger partial charge in [-0.3, -0.25) is 0 Å². The van der Waals surface area contributed by atoms with Crippen molar-refractivity contribution in [3.8, 4) is 0 Å². The quantitative estimate of drug-likeness (QED) is 0.871. The second kappa shape index (κ2) is 4.43. The lowest BCUT2D eigenvalue weighted by molar-refractivity contribution is 0.595. The summed E-state index contributed by atoms with van der Waals surface area (Å²) < 4.78 is 2.33. The Kier molecular flexibility index (Phi) is 2.90. The molecule has 18 heavy (non-hydrogen) atoms. The lowest BCUT2D eigenvalue weighted by Gasteiger charge is -2.07. The number of benzene rings is 1. The summed E-state index contributed by atoms with van der Waals surface area (Å²) in [6.07, 6.45) is 1.40. The number of hydrogen-bond donors (Lipinski definition) is 1. The standard InChI is InChI=1S/C16H22N2/c1-11-8-13(11)9-17-10-16-12(2)14-6-4-5-7-15(14)18(16)3/h4-7,11,13,17H,8-10H2,1-3H3. The van der Waals surface area contributed by atoms with E-state index in [1.54, 1.807) is 0 Å². The zero-order chi connectivity index (χ0) is 12.7. The molecule has 0 amide bonds. The first-order valence-corrected chi connectivity index (χ1v) is 6.92. The fraction of sp³-hybridized carbons (Fsp3) is 0.500. The summed E-state index contributed by atoms with van der Waals surface area (Å²) in [6, 6.07) is 8.66. The molecule has 1 aromatic carbocycles. The molecule has 2 aromatic rings. The zero-order valence-corrected chi connectivity index (χ0v) is 11.5. The van der Waals surface area contributed by atoms with Crippen LogP contribution in [0.2, 0.25) is 0 Å². The average molecular weight is 242 g/mol. The molecule has 0 radical (unpaired) electrons. The van der Waals surface area contributed by atoms with Crippen molar-refractivity contribution >= 4 is 10.9 Å². The monoisotopic (exact) mass is 242 g/mol. The van der Waals surface area contributed by atoms with Gasteiger partial charge < -0.3 is 9.88 Å². The number of rotatable bonds is 4. The van der Waals surface area contributed by atoms with E-state index in [2.05, 4.69) is 55.0 Å². The van der Waals surface area contributed by atoms with E-state index in [-0.39, 0.29) is 0 Å². The highest BCUT2D eigenvalue weighted by atomic mass is 15.0. The predicted octanol–water partition coefficient (Wildman–Crippen LogP) is 3.23. The van der Waals surface area contributed by atoms with Gasteiger partial charge in [-0.05, 0) is 43.4 Å². The van der Waals surface area contributed by atoms with Gasteiger partial charge in [0, 0.05) is 30.2 Å². The molecule has 3 rings (SSSR count). The Morgan fingerprint density at radius 3 is 2.72 bits per heavy atom. The largest absolute Gasteiger partial charge is 0.346 e. The zero-order valence-electron chi connectivity index (χ0n) is 11.5. The van der Waals surface area contributed by atoms with Crippen LogP contribution in [0, 0.1) is 18.8 Å². The topological polar surface area (TPSA) is 17.0 Å². The molecule has 1 aliphatic carbocycles. The van der Waals surface area contributed by atoms with Gasteiger partial charge in [0.15, 0.2) is 0 Å². The smallest absolute Gasteiger partial charge is 0.0483 e. The summed E-state index contributed by atoms with van der Waals surface area (Å²) in [4.78, 5) is 0. The predicted molar refractivity (Wildman–Crippen MR) is 76.6 cm³/mol. The molecule has 0 aliphatic heterocycles. The Labute approximate surface area is 109 Å². The number of nitrogens with zero attached hydrogens (tertiary/aromatic N) is 1. The maximum Gasteiger partial charge on any atom is 0.0483 e. The normalized spacial score (nSPS) is 22.6. The first-order chi connectivity index (χ1) is 8.68. The summed E-state index contributed by atoms with van der Waals surface area (Å²) >= 11 is 0. The van der Waals surface area contributed by atoms with Gasteiger partial charge in [0.2, 0.25) is 0 Å². The molecule has 2 atom stereocenters. The Hall–Kier alpha value is -1.28. The lowest BCUT2D eigenvalue weighted by atomic mass is 10.1. The molecule has 2 unspecified atom stereocenters. The van der Waals surface area contributed by atoms with Gasteiger partial charge in [-0.1, -0.05) is 25.1 Å². The van der Waals surface area contributed by atoms with Crippen LogP contribution in [-0.2, 0) is 13.6 Å². The molecule has 1 N–H and O–H groups in total. The highest BCUT2D eigenvalue weighted by Gasteiger charge is 2.31. The highest BCUT2D eigenvalue weighted by molar-refractivity contribution is 5.85. The summed E-state index contributed by atoms with van der Waals surface area (Å²) in [5.41, 5.74) is 4.18. The van der Waals surface area contributed by atoms with Crippen molar-refractivity contribution in [2.75, 3.05) is 6.54 Å². The molecule has 1 saturated carbocycles. The Bertz CT molecular complexity index is 529. The van der Waals surface area contributed by atoms with E-state index >= 15 is 0 Å². The van der Waals surface area contributed by atoms with Gasteiger partial charge in [-0.2, -0.15) is 0 Å². The second-order valence-electron chi connectivity index (χ2n) is 5.75. The third-order valence-corrected chi connectivity index (χ3v) is 4.48. The van der Waals surface area contributed by atoms with Crippen molar-refractivity contribution < 1.29 is 0 Å². The molecule has 96 valence electrons. The van der Waals surface area contributed by atoms with E-state index in [0.29, 0.717) is 0 Å². The fourth-order valence-electron chi connectivity index (χ4n) is 2.95. The maximum atomic E-state index is 3.62. The van der Waals surface area contributed by atoms with Crippen LogP contribution in [0.5, 0.6) is 0 Å². The number of para-hydroxylation sites is 1. The summed E-state index contributed by atoms with van der Waals surface area (Å²) in [5, 5.41) is 5.00. The van der Waals surface area contributed by atoms with Crippen molar-refractivity contribution in [1.29, 1.82) is 0 Å². The third kappa shape index (κ3) is 1.95. The van der Waals surface area contributed by atoms with Crippen LogP contribution in [-0.4, -0.2) is 11.1 Å². The van der Waals surface area contributed by atoms with Crippen molar-refractivity contribution in [3.05, 3.63) is 35.5 Å². The van der Waals surface area contributed by atoms with Crippen LogP contribution in [0.15, 0.2) is 24.3 Å². The van der Waals surface area contributed by atoms with Gasteiger partial charge in [0.1, 0.15) is 0 Å². The van der Waals surface area contributed by atoms with Gasteiger partial charge in [-0.25, -0.2) is 0 Å². The number of nitrogens with one attached hydrogen (secondary N) is 1. The van der Waals surface area contributed by atoms with Crippen molar-refractivity contribution in [2.24, 2.45) is 18.9 Å². The van der Waals surface area contributed by atoms with E-state index in [1.165, 1.54) is 35.1 Å². The molecule has 0 spiro atoms. The van der Waals surface area contributed by atoms with Crippen molar-refractivity contribution in [2.45, 2.75) is 26.8 Å². The van der Waals surface area contributed by atoms with Gasteiger partial charge in [-0.15, -0.1) is 0 Å². The molecule has 1 aromatic heterocycles. The Morgan fingerprint density at radius 2 is 2.06 bits per heavy atom. The summed E-state index contributed by atoms with van der Waals surface area (Å²) in [5.74, 6) is 1.85. The van der Waals surface area contributed by atoms with E-state index in [0.717, 1.165) is 18.4 Å². The molecule has 2 nitrogen and oxygen atoms in total. The number of aromatic nitrogens is 1. The second-order valence-corrected chi connectivity index (χ2v) is 5.75. The molecule has 1 aliphatic rings. The third-order valence-electron chi connectivity index (χ3n) is 4.48. The number of fused-ring (bicyclic) bond motifs is 1. The highest BCUT2D eigenvalue weighted by Crippen LogP contribution is 2.36. The summed E-state index contributed by atoms with van der Waals surface area (Å²) in [6.45, 7) is 6.73. The minimum atomic E-state index is 0.917. The van der Waals surface area contributed by atoms with Crippen LogP contribution in [0.3, 0.4) is 0 Å². The minimum absolute atomic E-state index is 0.917. The van der Waals surface area contributed by atoms with Crippen LogP contribution in [0.4, 0.5) is 0 Å². The van der Waals surface area contributed by atoms with Crippen molar-refractivity contribution in [1.82, 2.24) is 9.88 Å². The first-order valence-electron chi connectivity index (χ1n) is 6.92. The lowest BCUT2D eigenvalue weighted by Crippen LogP contribution is -2.19. The molecule has 0 bridgehead atoms. The number of hydrogen-bond acceptors (Lipinski definition) is 1. The fourth-order valence-corrected chi connectivity index (χ4v) is 2.95. The van der Waals surface area contributed by atoms with Gasteiger partial charge >= 0.3 is 0 Å². The Balaban J connectivity index is 1.78. The maximum absolute atomic E-state index is 3.62. The Morgan fingerprint density at radius 1 is 1.33 bits per heavy atom. The first kappa shape index (κ1) is 11.8. The van der Waals surface area contributed by atoms with E-state index < -0.39 is 0 Å². The molecular formula is C16H22N2. The molecule has 1 heterocycles. The van der Waals surface area contributed by atoms with Crippen LogP contribution < -0.4 is 5.32 Å². The van der Waals surface area contributed by atoms with Crippen LogP contribution in [0.1, 0.15) is 24.6 Å².